The van der Waals surface area contributed by atoms with Crippen LogP contribution in [0.1, 0.15) is 43.0 Å². The zero-order valence-corrected chi connectivity index (χ0v) is 20.2. The number of hydrogen-bond donors (Lipinski definition) is 1. The van der Waals surface area contributed by atoms with E-state index in [2.05, 4.69) is 0 Å². The van der Waals surface area contributed by atoms with Crippen molar-refractivity contribution >= 4 is 30.2 Å². The molecule has 0 aliphatic rings. The molecule has 5 nitrogen and oxygen atoms in total. The van der Waals surface area contributed by atoms with E-state index in [1.807, 2.05) is 0 Å². The van der Waals surface area contributed by atoms with Crippen molar-refractivity contribution in [3.8, 4) is 0 Å². The molecule has 0 spiro atoms. The summed E-state index contributed by atoms with van der Waals surface area (Å²) in [4.78, 5) is 24.5. The quantitative estimate of drug-likeness (QED) is 0.738. The first kappa shape index (κ1) is 26.5. The van der Waals surface area contributed by atoms with Crippen molar-refractivity contribution in [2.45, 2.75) is 53.6 Å². The van der Waals surface area contributed by atoms with Gasteiger partial charge in [0.1, 0.15) is 5.60 Å². The van der Waals surface area contributed by atoms with E-state index >= 15 is 0 Å². The molecule has 10 heteroatoms. The molecule has 1 aromatic carbocycles. The standard InChI is InChI=1S/C17H24BF3NO4.K/c1-9-12(8-13(23)24)10(2)15(11(3)14(9)18(19,20)21)22(7)16(25)26-17(4,5)6;/h8H2,1-7H3,(H,23,24);/q-1;+1. The molecule has 1 amide bonds. The third-order valence-electron chi connectivity index (χ3n) is 4.08. The molecule has 0 atom stereocenters. The second-order valence-corrected chi connectivity index (χ2v) is 7.30. The SMILES string of the molecule is Cc1c(CC(=O)O)c(C)c([B-](F)(F)F)c(C)c1N(C)C(=O)OC(C)(C)C.[K+]. The molecule has 0 saturated carbocycles. The average molecular weight is 413 g/mol. The van der Waals surface area contributed by atoms with Gasteiger partial charge in [-0.15, -0.1) is 5.46 Å². The van der Waals surface area contributed by atoms with Crippen LogP contribution < -0.4 is 61.7 Å². The van der Waals surface area contributed by atoms with Crippen LogP contribution in [0.2, 0.25) is 0 Å². The van der Waals surface area contributed by atoms with Gasteiger partial charge >= 0.3 is 70.4 Å². The summed E-state index contributed by atoms with van der Waals surface area (Å²) in [6, 6.07) is 0. The number of carboxylic acid groups (broad SMARTS) is 1. The Hall–Kier alpha value is -0.549. The van der Waals surface area contributed by atoms with Gasteiger partial charge < -0.3 is 22.8 Å². The minimum Gasteiger partial charge on any atom is -0.481 e. The molecule has 0 saturated heterocycles. The fraction of sp³-hybridized carbons (Fsp3) is 0.529. The minimum absolute atomic E-state index is 0. The number of hydrogen-bond acceptors (Lipinski definition) is 3. The Morgan fingerprint density at radius 3 is 1.93 bits per heavy atom. The number of amides is 1. The van der Waals surface area contributed by atoms with Crippen LogP contribution in [-0.2, 0) is 16.0 Å². The molecule has 1 N–H and O–H groups in total. The van der Waals surface area contributed by atoms with E-state index < -0.39 is 36.5 Å². The molecule has 146 valence electrons. The number of nitrogens with zero attached hydrogens (tertiary/aromatic N) is 1. The van der Waals surface area contributed by atoms with Gasteiger partial charge in [-0.3, -0.25) is 9.69 Å². The Balaban J connectivity index is 0.00000676. The number of anilines is 1. The predicted molar refractivity (Wildman–Crippen MR) is 95.3 cm³/mol. The summed E-state index contributed by atoms with van der Waals surface area (Å²) in [7, 11) is 1.32. The van der Waals surface area contributed by atoms with Gasteiger partial charge in [-0.25, -0.2) is 4.79 Å². The maximum atomic E-state index is 13.7. The molecule has 0 aliphatic heterocycles. The Labute approximate surface area is 200 Å². The third-order valence-corrected chi connectivity index (χ3v) is 4.08. The Morgan fingerprint density at radius 2 is 1.56 bits per heavy atom. The number of carbonyl (C=O) groups excluding carboxylic acids is 1. The number of halogens is 3. The first-order valence-electron chi connectivity index (χ1n) is 8.08. The van der Waals surface area contributed by atoms with E-state index in [1.165, 1.54) is 27.8 Å². The number of carbonyl (C=O) groups is 2. The predicted octanol–water partition coefficient (Wildman–Crippen LogP) is 0.669. The topological polar surface area (TPSA) is 66.8 Å². The second kappa shape index (κ2) is 9.30. The zero-order chi connectivity index (χ0) is 20.6. The maximum absolute atomic E-state index is 13.7. The van der Waals surface area contributed by atoms with Crippen molar-refractivity contribution in [2.24, 2.45) is 0 Å². The minimum atomic E-state index is -5.39. The Bertz CT molecular complexity index is 745. The summed E-state index contributed by atoms with van der Waals surface area (Å²) < 4.78 is 46.2. The molecule has 0 bridgehead atoms. The zero-order valence-electron chi connectivity index (χ0n) is 17.0. The van der Waals surface area contributed by atoms with Gasteiger partial charge in [0.05, 0.1) is 6.42 Å². The number of carboxylic acids is 1. The summed E-state index contributed by atoms with van der Waals surface area (Å²) in [6.45, 7) is 3.61. The molecule has 0 unspecified atom stereocenters. The second-order valence-electron chi connectivity index (χ2n) is 7.30. The monoisotopic (exact) mass is 413 g/mol. The van der Waals surface area contributed by atoms with E-state index in [0.29, 0.717) is 5.56 Å². The van der Waals surface area contributed by atoms with Crippen molar-refractivity contribution < 1.29 is 83.8 Å². The summed E-state index contributed by atoms with van der Waals surface area (Å²) in [6.07, 6.45) is -1.37. The molecule has 0 aromatic heterocycles. The molecule has 0 aliphatic carbocycles. The summed E-state index contributed by atoms with van der Waals surface area (Å²) in [5.74, 6) is -1.24. The van der Waals surface area contributed by atoms with Crippen LogP contribution in [0.25, 0.3) is 0 Å². The molecular formula is C17H24BF3KNO4. The van der Waals surface area contributed by atoms with Crippen molar-refractivity contribution in [1.29, 1.82) is 0 Å². The van der Waals surface area contributed by atoms with Crippen LogP contribution in [0.4, 0.5) is 23.4 Å². The van der Waals surface area contributed by atoms with Crippen LogP contribution >= 0.6 is 0 Å². The summed E-state index contributed by atoms with van der Waals surface area (Å²) >= 11 is 0. The fourth-order valence-corrected chi connectivity index (χ4v) is 3.11. The number of benzene rings is 1. The largest absolute Gasteiger partial charge is 1.00 e. The van der Waals surface area contributed by atoms with Gasteiger partial charge in [0.15, 0.2) is 0 Å². The average Bonchev–Trinajstić information content (AvgIpc) is 2.39. The maximum Gasteiger partial charge on any atom is 1.00 e. The fourth-order valence-electron chi connectivity index (χ4n) is 3.11. The summed E-state index contributed by atoms with van der Waals surface area (Å²) in [5, 5.41) is 9.09. The van der Waals surface area contributed by atoms with E-state index in [4.69, 9.17) is 9.84 Å². The van der Waals surface area contributed by atoms with Crippen molar-refractivity contribution in [3.05, 3.63) is 22.3 Å². The Morgan fingerprint density at radius 1 is 1.07 bits per heavy atom. The molecule has 1 rings (SSSR count). The van der Waals surface area contributed by atoms with E-state index in [1.54, 1.807) is 20.8 Å². The molecule has 27 heavy (non-hydrogen) atoms. The van der Waals surface area contributed by atoms with E-state index in [-0.39, 0.29) is 73.8 Å². The first-order valence-corrected chi connectivity index (χ1v) is 8.08. The van der Waals surface area contributed by atoms with Crippen LogP contribution in [0.15, 0.2) is 0 Å². The molecule has 1 aromatic rings. The van der Waals surface area contributed by atoms with E-state index in [0.717, 1.165) is 4.90 Å². The molecule has 0 heterocycles. The van der Waals surface area contributed by atoms with Crippen LogP contribution in [-0.4, -0.2) is 36.8 Å². The van der Waals surface area contributed by atoms with Gasteiger partial charge in [0.2, 0.25) is 0 Å². The normalized spacial score (nSPS) is 11.6. The molecule has 0 fully saturated rings. The number of aliphatic carboxylic acids is 1. The van der Waals surface area contributed by atoms with E-state index in [9.17, 15) is 22.5 Å². The third kappa shape index (κ3) is 6.49. The molecular weight excluding hydrogens is 389 g/mol. The summed E-state index contributed by atoms with van der Waals surface area (Å²) in [5.41, 5.74) is -1.51. The Kier molecular flexibility index (Phi) is 9.11. The smallest absolute Gasteiger partial charge is 0.481 e. The first-order chi connectivity index (χ1) is 11.6. The van der Waals surface area contributed by atoms with Gasteiger partial charge in [-0.1, -0.05) is 11.1 Å². The van der Waals surface area contributed by atoms with Gasteiger partial charge in [0, 0.05) is 12.7 Å². The van der Waals surface area contributed by atoms with Crippen molar-refractivity contribution in [1.82, 2.24) is 0 Å². The van der Waals surface area contributed by atoms with Gasteiger partial charge in [0.25, 0.3) is 0 Å². The van der Waals surface area contributed by atoms with Crippen molar-refractivity contribution in [2.75, 3.05) is 11.9 Å². The van der Waals surface area contributed by atoms with Gasteiger partial charge in [-0.2, -0.15) is 0 Å². The van der Waals surface area contributed by atoms with Gasteiger partial charge in [-0.05, 0) is 52.7 Å². The van der Waals surface area contributed by atoms with Crippen LogP contribution in [0.3, 0.4) is 0 Å². The number of rotatable bonds is 4. The molecule has 0 radical (unpaired) electrons. The van der Waals surface area contributed by atoms with Crippen molar-refractivity contribution in [3.63, 3.8) is 0 Å². The van der Waals surface area contributed by atoms with Crippen LogP contribution in [0.5, 0.6) is 0 Å². The van der Waals surface area contributed by atoms with Crippen LogP contribution in [0, 0.1) is 20.8 Å². The number of ether oxygens (including phenoxy) is 1.